The van der Waals surface area contributed by atoms with Crippen LogP contribution in [0.1, 0.15) is 40.5 Å². The highest BCUT2D eigenvalue weighted by Gasteiger charge is 2.31. The zero-order valence-corrected chi connectivity index (χ0v) is 9.59. The van der Waals surface area contributed by atoms with E-state index in [0.29, 0.717) is 5.92 Å². The largest absolute Gasteiger partial charge is 0.374 e. The molecule has 1 rings (SSSR count). The molecule has 0 saturated heterocycles. The summed E-state index contributed by atoms with van der Waals surface area (Å²) >= 11 is 0. The molecule has 0 aliphatic heterocycles. The van der Waals surface area contributed by atoms with Crippen molar-refractivity contribution in [1.29, 1.82) is 0 Å². The first-order valence-corrected chi connectivity index (χ1v) is 5.23. The lowest BCUT2D eigenvalue weighted by atomic mass is 9.73. The Morgan fingerprint density at radius 1 is 1.43 bits per heavy atom. The van der Waals surface area contributed by atoms with E-state index < -0.39 is 5.60 Å². The summed E-state index contributed by atoms with van der Waals surface area (Å²) in [6.45, 7) is 8.47. The first-order valence-electron chi connectivity index (χ1n) is 5.23. The van der Waals surface area contributed by atoms with Gasteiger partial charge in [-0.1, -0.05) is 32.8 Å². The van der Waals surface area contributed by atoms with E-state index in [0.717, 1.165) is 12.8 Å². The number of allylic oxidation sites excluding steroid dienone is 1. The minimum Gasteiger partial charge on any atom is -0.374 e. The van der Waals surface area contributed by atoms with Crippen molar-refractivity contribution in [3.8, 4) is 11.8 Å². The third-order valence-electron chi connectivity index (χ3n) is 2.89. The Morgan fingerprint density at radius 3 is 2.43 bits per heavy atom. The summed E-state index contributed by atoms with van der Waals surface area (Å²) < 4.78 is 0. The topological polar surface area (TPSA) is 20.2 Å². The molecule has 0 spiro atoms. The maximum atomic E-state index is 9.99. The molecule has 0 heterocycles. The van der Waals surface area contributed by atoms with Gasteiger partial charge in [0.2, 0.25) is 0 Å². The summed E-state index contributed by atoms with van der Waals surface area (Å²) in [7, 11) is 0. The van der Waals surface area contributed by atoms with Crippen molar-refractivity contribution >= 4 is 0 Å². The van der Waals surface area contributed by atoms with Crippen LogP contribution in [0.2, 0.25) is 0 Å². The molecular formula is C13H20O. The summed E-state index contributed by atoms with van der Waals surface area (Å²) in [6, 6.07) is 0. The SMILES string of the molecule is CC#CC1(O)C=CC(C(C)(C)C)CC1. The van der Waals surface area contributed by atoms with Crippen LogP contribution in [0.4, 0.5) is 0 Å². The molecule has 1 aliphatic rings. The van der Waals surface area contributed by atoms with Crippen molar-refractivity contribution in [2.75, 3.05) is 0 Å². The van der Waals surface area contributed by atoms with E-state index in [2.05, 4.69) is 38.7 Å². The highest BCUT2D eigenvalue weighted by atomic mass is 16.3. The zero-order valence-electron chi connectivity index (χ0n) is 9.59. The third-order valence-corrected chi connectivity index (χ3v) is 2.89. The molecule has 1 N–H and O–H groups in total. The molecule has 2 atom stereocenters. The van der Waals surface area contributed by atoms with Gasteiger partial charge in [-0.3, -0.25) is 0 Å². The van der Waals surface area contributed by atoms with E-state index in [4.69, 9.17) is 0 Å². The van der Waals surface area contributed by atoms with Gasteiger partial charge in [-0.15, -0.1) is 5.92 Å². The lowest BCUT2D eigenvalue weighted by Gasteiger charge is -2.34. The van der Waals surface area contributed by atoms with Crippen molar-refractivity contribution in [3.05, 3.63) is 12.2 Å². The minimum absolute atomic E-state index is 0.289. The van der Waals surface area contributed by atoms with Crippen molar-refractivity contribution in [3.63, 3.8) is 0 Å². The predicted molar refractivity (Wildman–Crippen MR) is 59.7 cm³/mol. The summed E-state index contributed by atoms with van der Waals surface area (Å²) in [5.41, 5.74) is -0.575. The average Bonchev–Trinajstić information content (AvgIpc) is 2.03. The molecular weight excluding hydrogens is 172 g/mol. The van der Waals surface area contributed by atoms with Gasteiger partial charge in [0.1, 0.15) is 5.60 Å². The molecule has 0 fully saturated rings. The van der Waals surface area contributed by atoms with Crippen molar-refractivity contribution in [2.24, 2.45) is 11.3 Å². The van der Waals surface area contributed by atoms with Crippen LogP contribution in [0.15, 0.2) is 12.2 Å². The van der Waals surface area contributed by atoms with E-state index >= 15 is 0 Å². The lowest BCUT2D eigenvalue weighted by Crippen LogP contribution is -2.31. The second kappa shape index (κ2) is 3.79. The van der Waals surface area contributed by atoms with Gasteiger partial charge in [-0.05, 0) is 37.2 Å². The van der Waals surface area contributed by atoms with Crippen LogP contribution in [-0.2, 0) is 0 Å². The highest BCUT2D eigenvalue weighted by Crippen LogP contribution is 2.36. The quantitative estimate of drug-likeness (QED) is 0.462. The Bertz CT molecular complexity index is 285. The number of rotatable bonds is 0. The molecule has 0 aromatic carbocycles. The Labute approximate surface area is 87.2 Å². The van der Waals surface area contributed by atoms with Crippen LogP contribution < -0.4 is 0 Å². The molecule has 0 radical (unpaired) electrons. The lowest BCUT2D eigenvalue weighted by molar-refractivity contribution is 0.112. The van der Waals surface area contributed by atoms with Crippen LogP contribution in [0.25, 0.3) is 0 Å². The van der Waals surface area contributed by atoms with Gasteiger partial charge < -0.3 is 5.11 Å². The van der Waals surface area contributed by atoms with E-state index in [9.17, 15) is 5.11 Å². The Hall–Kier alpha value is -0.740. The van der Waals surface area contributed by atoms with Gasteiger partial charge in [-0.2, -0.15) is 0 Å². The molecule has 1 nitrogen and oxygen atoms in total. The normalized spacial score (nSPS) is 32.2. The predicted octanol–water partition coefficient (Wildman–Crippen LogP) is 2.75. The fraction of sp³-hybridized carbons (Fsp3) is 0.692. The fourth-order valence-electron chi connectivity index (χ4n) is 1.87. The second-order valence-electron chi connectivity index (χ2n) is 5.17. The van der Waals surface area contributed by atoms with Crippen LogP contribution in [0, 0.1) is 23.2 Å². The molecule has 1 aliphatic carbocycles. The standard InChI is InChI=1S/C13H20O/c1-5-8-13(14)9-6-11(7-10-13)12(2,3)4/h6,9,11,14H,7,10H2,1-4H3. The fourth-order valence-corrected chi connectivity index (χ4v) is 1.87. The smallest absolute Gasteiger partial charge is 0.144 e. The molecule has 78 valence electrons. The maximum Gasteiger partial charge on any atom is 0.144 e. The van der Waals surface area contributed by atoms with E-state index in [1.807, 2.05) is 6.08 Å². The van der Waals surface area contributed by atoms with Gasteiger partial charge in [0, 0.05) is 0 Å². The average molecular weight is 192 g/mol. The Kier molecular flexibility index (Phi) is 3.07. The number of hydrogen-bond acceptors (Lipinski definition) is 1. The van der Waals surface area contributed by atoms with E-state index in [1.165, 1.54) is 0 Å². The van der Waals surface area contributed by atoms with Crippen molar-refractivity contribution in [1.82, 2.24) is 0 Å². The molecule has 1 heteroatoms. The summed E-state index contributed by atoms with van der Waals surface area (Å²) in [4.78, 5) is 0. The van der Waals surface area contributed by atoms with Crippen molar-refractivity contribution < 1.29 is 5.11 Å². The van der Waals surface area contributed by atoms with Crippen LogP contribution in [0.3, 0.4) is 0 Å². The molecule has 0 aromatic rings. The van der Waals surface area contributed by atoms with Gasteiger partial charge in [0.05, 0.1) is 0 Å². The van der Waals surface area contributed by atoms with Gasteiger partial charge in [-0.25, -0.2) is 0 Å². The molecule has 0 saturated carbocycles. The molecule has 14 heavy (non-hydrogen) atoms. The van der Waals surface area contributed by atoms with E-state index in [1.54, 1.807) is 6.92 Å². The maximum absolute atomic E-state index is 9.99. The summed E-state index contributed by atoms with van der Waals surface area (Å²) in [6.07, 6.45) is 5.76. The molecule has 0 bridgehead atoms. The Balaban J connectivity index is 2.77. The Morgan fingerprint density at radius 2 is 2.07 bits per heavy atom. The van der Waals surface area contributed by atoms with Crippen LogP contribution in [0.5, 0.6) is 0 Å². The van der Waals surface area contributed by atoms with Gasteiger partial charge in [0.25, 0.3) is 0 Å². The van der Waals surface area contributed by atoms with Gasteiger partial charge >= 0.3 is 0 Å². The monoisotopic (exact) mass is 192 g/mol. The molecule has 0 amide bonds. The second-order valence-corrected chi connectivity index (χ2v) is 5.17. The number of aliphatic hydroxyl groups is 1. The third kappa shape index (κ3) is 2.62. The van der Waals surface area contributed by atoms with Crippen LogP contribution in [-0.4, -0.2) is 10.7 Å². The minimum atomic E-state index is -0.865. The highest BCUT2D eigenvalue weighted by molar-refractivity contribution is 5.24. The van der Waals surface area contributed by atoms with Crippen molar-refractivity contribution in [2.45, 2.75) is 46.1 Å². The number of hydrogen-bond donors (Lipinski definition) is 1. The summed E-state index contributed by atoms with van der Waals surface area (Å²) in [5.74, 6) is 6.19. The first-order chi connectivity index (χ1) is 6.37. The van der Waals surface area contributed by atoms with Gasteiger partial charge in [0.15, 0.2) is 0 Å². The zero-order chi connectivity index (χ0) is 10.8. The van der Waals surface area contributed by atoms with E-state index in [-0.39, 0.29) is 5.41 Å². The first kappa shape index (κ1) is 11.3. The molecule has 0 aromatic heterocycles. The summed E-state index contributed by atoms with van der Waals surface area (Å²) in [5, 5.41) is 9.99. The molecule has 2 unspecified atom stereocenters. The van der Waals surface area contributed by atoms with Crippen LogP contribution >= 0.6 is 0 Å².